The lowest BCUT2D eigenvalue weighted by molar-refractivity contribution is 0.142. The molecule has 0 aliphatic carbocycles. The van der Waals surface area contributed by atoms with Crippen LogP contribution in [0, 0.1) is 0 Å². The van der Waals surface area contributed by atoms with E-state index in [1.807, 2.05) is 48.5 Å². The fourth-order valence-corrected chi connectivity index (χ4v) is 2.83. The van der Waals surface area contributed by atoms with Crippen molar-refractivity contribution >= 4 is 17.0 Å². The van der Waals surface area contributed by atoms with Gasteiger partial charge in [0, 0.05) is 18.5 Å². The third-order valence-electron chi connectivity index (χ3n) is 4.25. The SMILES string of the molecule is O=C(NCCCc1ccccc1)NCCC(O)c1cc2ccccc2o1. The molecule has 3 rings (SSSR count). The molecule has 0 bridgehead atoms. The maximum absolute atomic E-state index is 11.8. The van der Waals surface area contributed by atoms with Gasteiger partial charge in [0.2, 0.25) is 0 Å². The Bertz CT molecular complexity index is 796. The quantitative estimate of drug-likeness (QED) is 0.540. The Hall–Kier alpha value is -2.79. The van der Waals surface area contributed by atoms with E-state index in [2.05, 4.69) is 22.8 Å². The third-order valence-corrected chi connectivity index (χ3v) is 4.25. The maximum Gasteiger partial charge on any atom is 0.314 e. The molecule has 3 aromatic rings. The number of fused-ring (bicyclic) bond motifs is 1. The van der Waals surface area contributed by atoms with Crippen LogP contribution in [0.5, 0.6) is 0 Å². The Morgan fingerprint density at radius 1 is 1.00 bits per heavy atom. The molecular weight excluding hydrogens is 328 g/mol. The molecule has 5 nitrogen and oxygen atoms in total. The van der Waals surface area contributed by atoms with Crippen LogP contribution in [0.2, 0.25) is 0 Å². The summed E-state index contributed by atoms with van der Waals surface area (Å²) in [6.07, 6.45) is 1.49. The highest BCUT2D eigenvalue weighted by molar-refractivity contribution is 5.77. The Balaban J connectivity index is 1.33. The second kappa shape index (κ2) is 9.06. The van der Waals surface area contributed by atoms with Crippen LogP contribution in [0.1, 0.15) is 30.3 Å². The first-order valence-electron chi connectivity index (χ1n) is 8.94. The van der Waals surface area contributed by atoms with Gasteiger partial charge in [-0.25, -0.2) is 4.79 Å². The van der Waals surface area contributed by atoms with Crippen molar-refractivity contribution in [1.82, 2.24) is 10.6 Å². The number of carbonyl (C=O) groups excluding carboxylic acids is 1. The monoisotopic (exact) mass is 352 g/mol. The van der Waals surface area contributed by atoms with E-state index in [9.17, 15) is 9.90 Å². The molecule has 5 heteroatoms. The molecular formula is C21H24N2O3. The number of aliphatic hydroxyl groups is 1. The molecule has 0 saturated heterocycles. The lowest BCUT2D eigenvalue weighted by atomic mass is 10.1. The zero-order valence-corrected chi connectivity index (χ0v) is 14.7. The lowest BCUT2D eigenvalue weighted by Crippen LogP contribution is -2.37. The van der Waals surface area contributed by atoms with Crippen LogP contribution in [-0.2, 0) is 6.42 Å². The predicted octanol–water partition coefficient (Wildman–Crippen LogP) is 3.79. The zero-order chi connectivity index (χ0) is 18.2. The number of amides is 2. The second-order valence-corrected chi connectivity index (χ2v) is 6.26. The van der Waals surface area contributed by atoms with E-state index in [1.54, 1.807) is 0 Å². The number of rotatable bonds is 8. The van der Waals surface area contributed by atoms with E-state index >= 15 is 0 Å². The van der Waals surface area contributed by atoms with Gasteiger partial charge in [-0.1, -0.05) is 48.5 Å². The van der Waals surface area contributed by atoms with E-state index in [4.69, 9.17) is 4.42 Å². The Labute approximate surface area is 153 Å². The molecule has 0 aliphatic heterocycles. The van der Waals surface area contributed by atoms with Crippen molar-refractivity contribution in [2.24, 2.45) is 0 Å². The summed E-state index contributed by atoms with van der Waals surface area (Å²) < 4.78 is 5.63. The molecule has 26 heavy (non-hydrogen) atoms. The van der Waals surface area contributed by atoms with Crippen molar-refractivity contribution in [3.63, 3.8) is 0 Å². The van der Waals surface area contributed by atoms with E-state index in [1.165, 1.54) is 5.56 Å². The van der Waals surface area contributed by atoms with Crippen molar-refractivity contribution in [3.8, 4) is 0 Å². The topological polar surface area (TPSA) is 74.5 Å². The van der Waals surface area contributed by atoms with Crippen LogP contribution in [-0.4, -0.2) is 24.2 Å². The fourth-order valence-electron chi connectivity index (χ4n) is 2.83. The summed E-state index contributed by atoms with van der Waals surface area (Å²) in [5.74, 6) is 0.524. The molecule has 136 valence electrons. The van der Waals surface area contributed by atoms with Crippen molar-refractivity contribution in [3.05, 3.63) is 72.0 Å². The minimum atomic E-state index is -0.735. The Kier molecular flexibility index (Phi) is 6.28. The highest BCUT2D eigenvalue weighted by Gasteiger charge is 2.13. The molecule has 0 saturated carbocycles. The van der Waals surface area contributed by atoms with Crippen LogP contribution in [0.15, 0.2) is 65.1 Å². The van der Waals surface area contributed by atoms with Crippen LogP contribution in [0.3, 0.4) is 0 Å². The normalized spacial score (nSPS) is 12.0. The van der Waals surface area contributed by atoms with Crippen molar-refractivity contribution in [1.29, 1.82) is 0 Å². The summed E-state index contributed by atoms with van der Waals surface area (Å²) in [5.41, 5.74) is 2.02. The van der Waals surface area contributed by atoms with E-state index in [0.717, 1.165) is 23.8 Å². The first-order chi connectivity index (χ1) is 12.7. The first kappa shape index (κ1) is 18.0. The van der Waals surface area contributed by atoms with Gasteiger partial charge in [0.25, 0.3) is 0 Å². The average Bonchev–Trinajstić information content (AvgIpc) is 3.10. The maximum atomic E-state index is 11.8. The molecule has 2 amide bonds. The third kappa shape index (κ3) is 5.10. The van der Waals surface area contributed by atoms with Crippen LogP contribution in [0.4, 0.5) is 4.79 Å². The van der Waals surface area contributed by atoms with Crippen molar-refractivity contribution in [2.45, 2.75) is 25.4 Å². The number of furan rings is 1. The fraction of sp³-hybridized carbons (Fsp3) is 0.286. The second-order valence-electron chi connectivity index (χ2n) is 6.26. The number of aryl methyl sites for hydroxylation is 1. The van der Waals surface area contributed by atoms with Crippen molar-refractivity contribution in [2.75, 3.05) is 13.1 Å². The average molecular weight is 352 g/mol. The minimum Gasteiger partial charge on any atom is -0.458 e. The summed E-state index contributed by atoms with van der Waals surface area (Å²) in [4.78, 5) is 11.8. The molecule has 1 atom stereocenters. The summed E-state index contributed by atoms with van der Waals surface area (Å²) in [6, 6.07) is 19.4. The molecule has 1 aromatic heterocycles. The zero-order valence-electron chi connectivity index (χ0n) is 14.7. The summed E-state index contributed by atoms with van der Waals surface area (Å²) in [6.45, 7) is 0.996. The van der Waals surface area contributed by atoms with Gasteiger partial charge in [-0.3, -0.25) is 0 Å². The molecule has 0 fully saturated rings. The standard InChI is InChI=1S/C21H24N2O3/c24-18(20-15-17-10-4-5-11-19(17)26-20)12-14-23-21(25)22-13-6-9-16-7-2-1-3-8-16/h1-5,7-8,10-11,15,18,24H,6,9,12-14H2,(H2,22,23,25). The van der Waals surface area contributed by atoms with Gasteiger partial charge in [-0.2, -0.15) is 0 Å². The van der Waals surface area contributed by atoms with Crippen LogP contribution in [0.25, 0.3) is 11.0 Å². The van der Waals surface area contributed by atoms with Gasteiger partial charge in [-0.15, -0.1) is 0 Å². The molecule has 3 N–H and O–H groups in total. The highest BCUT2D eigenvalue weighted by atomic mass is 16.4. The van der Waals surface area contributed by atoms with Gasteiger partial charge in [-0.05, 0) is 37.0 Å². The van der Waals surface area contributed by atoms with Crippen molar-refractivity contribution < 1.29 is 14.3 Å². The van der Waals surface area contributed by atoms with Gasteiger partial charge < -0.3 is 20.2 Å². The first-order valence-corrected chi connectivity index (χ1v) is 8.94. The van der Waals surface area contributed by atoms with E-state index in [0.29, 0.717) is 25.3 Å². The molecule has 1 heterocycles. The molecule has 1 unspecified atom stereocenters. The molecule has 0 aliphatic rings. The van der Waals surface area contributed by atoms with E-state index < -0.39 is 6.10 Å². The molecule has 2 aromatic carbocycles. The minimum absolute atomic E-state index is 0.213. The summed E-state index contributed by atoms with van der Waals surface area (Å²) in [7, 11) is 0. The van der Waals surface area contributed by atoms with E-state index in [-0.39, 0.29) is 6.03 Å². The highest BCUT2D eigenvalue weighted by Crippen LogP contribution is 2.25. The number of para-hydroxylation sites is 1. The van der Waals surface area contributed by atoms with Gasteiger partial charge in [0.05, 0.1) is 0 Å². The largest absolute Gasteiger partial charge is 0.458 e. The number of urea groups is 1. The number of carbonyl (C=O) groups is 1. The van der Waals surface area contributed by atoms with Crippen LogP contribution >= 0.6 is 0 Å². The number of hydrogen-bond donors (Lipinski definition) is 3. The summed E-state index contributed by atoms with van der Waals surface area (Å²) in [5, 5.41) is 16.8. The number of aliphatic hydroxyl groups excluding tert-OH is 1. The van der Waals surface area contributed by atoms with Crippen LogP contribution < -0.4 is 10.6 Å². The van der Waals surface area contributed by atoms with Gasteiger partial charge in [0.15, 0.2) is 0 Å². The van der Waals surface area contributed by atoms with Gasteiger partial charge in [0.1, 0.15) is 17.4 Å². The number of hydrogen-bond acceptors (Lipinski definition) is 3. The number of nitrogens with one attached hydrogen (secondary N) is 2. The predicted molar refractivity (Wildman–Crippen MR) is 102 cm³/mol. The molecule has 0 spiro atoms. The smallest absolute Gasteiger partial charge is 0.314 e. The Morgan fingerprint density at radius 3 is 2.54 bits per heavy atom. The van der Waals surface area contributed by atoms with Gasteiger partial charge >= 0.3 is 6.03 Å². The lowest BCUT2D eigenvalue weighted by Gasteiger charge is -2.10. The Morgan fingerprint density at radius 2 is 1.73 bits per heavy atom. The number of benzene rings is 2. The molecule has 0 radical (unpaired) electrons. The summed E-state index contributed by atoms with van der Waals surface area (Å²) >= 11 is 0.